The molecular formula is C22H27N5O2. The molecule has 0 aliphatic carbocycles. The molecule has 3 aromatic rings. The second-order valence-corrected chi connectivity index (χ2v) is 8.06. The minimum Gasteiger partial charge on any atom is -0.420 e. The molecule has 0 N–H and O–H groups in total. The zero-order valence-electron chi connectivity index (χ0n) is 17.3. The lowest BCUT2D eigenvalue weighted by atomic mass is 10.1. The highest BCUT2D eigenvalue weighted by Crippen LogP contribution is 2.24. The molecule has 7 heteroatoms. The highest BCUT2D eigenvalue weighted by Gasteiger charge is 2.20. The van der Waals surface area contributed by atoms with Gasteiger partial charge in [0.1, 0.15) is 5.69 Å². The van der Waals surface area contributed by atoms with Gasteiger partial charge in [0.15, 0.2) is 0 Å². The molecule has 1 saturated heterocycles. The topological polar surface area (TPSA) is 77.1 Å². The number of hydrogen-bond donors (Lipinski definition) is 0. The number of amides is 1. The third-order valence-corrected chi connectivity index (χ3v) is 5.13. The molecule has 1 aliphatic rings. The van der Waals surface area contributed by atoms with Crippen LogP contribution in [0.25, 0.3) is 17.3 Å². The molecule has 1 fully saturated rings. The lowest BCUT2D eigenvalue weighted by Crippen LogP contribution is -2.35. The molecule has 0 bridgehead atoms. The molecule has 0 atom stereocenters. The fourth-order valence-corrected chi connectivity index (χ4v) is 3.76. The number of likely N-dealkylation sites (tertiary alicyclic amines) is 1. The third kappa shape index (κ3) is 4.23. The molecule has 29 heavy (non-hydrogen) atoms. The normalized spacial score (nSPS) is 14.6. The molecule has 0 saturated carbocycles. The molecule has 0 unspecified atom stereocenters. The first-order chi connectivity index (χ1) is 14.0. The Labute approximate surface area is 170 Å². The Balaban J connectivity index is 1.69. The van der Waals surface area contributed by atoms with Crippen molar-refractivity contribution in [1.82, 2.24) is 24.9 Å². The molecule has 3 heterocycles. The van der Waals surface area contributed by atoms with Gasteiger partial charge in [0.2, 0.25) is 5.89 Å². The minimum atomic E-state index is 0.0943. The van der Waals surface area contributed by atoms with Crippen LogP contribution in [0.2, 0.25) is 0 Å². The Kier molecular flexibility index (Phi) is 5.47. The van der Waals surface area contributed by atoms with Gasteiger partial charge in [-0.2, -0.15) is 5.10 Å². The lowest BCUT2D eigenvalue weighted by Gasteiger charge is -2.26. The average Bonchev–Trinajstić information content (AvgIpc) is 3.34. The zero-order valence-corrected chi connectivity index (χ0v) is 17.3. The van der Waals surface area contributed by atoms with Crippen LogP contribution >= 0.6 is 0 Å². The van der Waals surface area contributed by atoms with Crippen LogP contribution in [-0.4, -0.2) is 43.9 Å². The summed E-state index contributed by atoms with van der Waals surface area (Å²) in [7, 11) is 0. The summed E-state index contributed by atoms with van der Waals surface area (Å²) in [5.74, 6) is 1.47. The summed E-state index contributed by atoms with van der Waals surface area (Å²) < 4.78 is 7.45. The predicted molar refractivity (Wildman–Crippen MR) is 110 cm³/mol. The van der Waals surface area contributed by atoms with E-state index in [0.717, 1.165) is 43.7 Å². The third-order valence-electron chi connectivity index (χ3n) is 5.13. The lowest BCUT2D eigenvalue weighted by molar-refractivity contribution is 0.0724. The average molecular weight is 393 g/mol. The van der Waals surface area contributed by atoms with Crippen molar-refractivity contribution in [3.05, 3.63) is 47.5 Å². The van der Waals surface area contributed by atoms with Crippen molar-refractivity contribution in [3.8, 4) is 17.3 Å². The van der Waals surface area contributed by atoms with Crippen molar-refractivity contribution in [3.63, 3.8) is 0 Å². The van der Waals surface area contributed by atoms with Gasteiger partial charge in [-0.15, -0.1) is 10.2 Å². The molecular weight excluding hydrogens is 366 g/mol. The maximum atomic E-state index is 12.9. The van der Waals surface area contributed by atoms with Crippen LogP contribution in [0.1, 0.15) is 55.1 Å². The van der Waals surface area contributed by atoms with E-state index >= 15 is 0 Å². The maximum absolute atomic E-state index is 12.9. The SMILES string of the molecule is Cc1nnc(-c2cc(CC(C)C)n(-c3cccc(C(=O)N4CCCCC4)c3)n2)o1. The first-order valence-corrected chi connectivity index (χ1v) is 10.3. The van der Waals surface area contributed by atoms with E-state index < -0.39 is 0 Å². The molecule has 2 aromatic heterocycles. The second kappa shape index (κ2) is 8.19. The van der Waals surface area contributed by atoms with Gasteiger partial charge in [-0.25, -0.2) is 4.68 Å². The molecule has 1 aromatic carbocycles. The minimum absolute atomic E-state index is 0.0943. The Morgan fingerprint density at radius 2 is 1.93 bits per heavy atom. The molecule has 4 rings (SSSR count). The number of nitrogens with zero attached hydrogens (tertiary/aromatic N) is 5. The summed E-state index contributed by atoms with van der Waals surface area (Å²) in [5.41, 5.74) is 3.26. The van der Waals surface area contributed by atoms with Gasteiger partial charge < -0.3 is 9.32 Å². The monoisotopic (exact) mass is 393 g/mol. The van der Waals surface area contributed by atoms with E-state index in [-0.39, 0.29) is 5.91 Å². The Hall–Kier alpha value is -2.96. The number of aromatic nitrogens is 4. The summed E-state index contributed by atoms with van der Waals surface area (Å²) in [6, 6.07) is 9.70. The number of carbonyl (C=O) groups excluding carboxylic acids is 1. The van der Waals surface area contributed by atoms with E-state index in [9.17, 15) is 4.79 Å². The number of rotatable bonds is 5. The molecule has 1 amide bonds. The quantitative estimate of drug-likeness (QED) is 0.653. The smallest absolute Gasteiger partial charge is 0.268 e. The van der Waals surface area contributed by atoms with Gasteiger partial charge in [0, 0.05) is 31.3 Å². The van der Waals surface area contributed by atoms with E-state index in [4.69, 9.17) is 9.52 Å². The Morgan fingerprint density at radius 1 is 1.14 bits per heavy atom. The standard InChI is InChI=1S/C22H27N5O2/c1-15(2)12-19-14-20(21-24-23-16(3)29-21)25-27(19)18-9-7-8-17(13-18)22(28)26-10-5-4-6-11-26/h7-9,13-15H,4-6,10-12H2,1-3H3. The van der Waals surface area contributed by atoms with E-state index in [2.05, 4.69) is 24.0 Å². The summed E-state index contributed by atoms with van der Waals surface area (Å²) >= 11 is 0. The number of benzene rings is 1. The van der Waals surface area contributed by atoms with Crippen LogP contribution in [0.4, 0.5) is 0 Å². The van der Waals surface area contributed by atoms with Gasteiger partial charge in [0.25, 0.3) is 11.8 Å². The Bertz CT molecular complexity index is 998. The summed E-state index contributed by atoms with van der Waals surface area (Å²) in [5, 5.41) is 12.7. The zero-order chi connectivity index (χ0) is 20.4. The highest BCUT2D eigenvalue weighted by molar-refractivity contribution is 5.94. The number of hydrogen-bond acceptors (Lipinski definition) is 5. The highest BCUT2D eigenvalue weighted by atomic mass is 16.4. The number of carbonyl (C=O) groups is 1. The predicted octanol–water partition coefficient (Wildman–Crippen LogP) is 4.06. The fraction of sp³-hybridized carbons (Fsp3) is 0.455. The number of aryl methyl sites for hydroxylation is 1. The van der Waals surface area contributed by atoms with Gasteiger partial charge in [-0.3, -0.25) is 4.79 Å². The van der Waals surface area contributed by atoms with Crippen molar-refractivity contribution >= 4 is 5.91 Å². The van der Waals surface area contributed by atoms with Crippen molar-refractivity contribution in [1.29, 1.82) is 0 Å². The van der Waals surface area contributed by atoms with E-state index in [1.165, 1.54) is 6.42 Å². The van der Waals surface area contributed by atoms with Gasteiger partial charge in [-0.1, -0.05) is 19.9 Å². The molecule has 1 aliphatic heterocycles. The molecule has 0 spiro atoms. The van der Waals surface area contributed by atoms with Crippen LogP contribution in [-0.2, 0) is 6.42 Å². The van der Waals surface area contributed by atoms with Gasteiger partial charge >= 0.3 is 0 Å². The van der Waals surface area contributed by atoms with E-state index in [1.807, 2.05) is 39.9 Å². The first kappa shape index (κ1) is 19.4. The van der Waals surface area contributed by atoms with E-state index in [1.54, 1.807) is 6.92 Å². The van der Waals surface area contributed by atoms with Crippen LogP contribution in [0.3, 0.4) is 0 Å². The van der Waals surface area contributed by atoms with E-state index in [0.29, 0.717) is 29.0 Å². The van der Waals surface area contributed by atoms with Gasteiger partial charge in [-0.05, 0) is 55.9 Å². The van der Waals surface area contributed by atoms with Crippen LogP contribution in [0, 0.1) is 12.8 Å². The number of piperidine rings is 1. The van der Waals surface area contributed by atoms with Crippen molar-refractivity contribution < 1.29 is 9.21 Å². The molecule has 0 radical (unpaired) electrons. The summed E-state index contributed by atoms with van der Waals surface area (Å²) in [6.45, 7) is 7.78. The van der Waals surface area contributed by atoms with Crippen molar-refractivity contribution in [2.75, 3.05) is 13.1 Å². The van der Waals surface area contributed by atoms with Crippen molar-refractivity contribution in [2.24, 2.45) is 5.92 Å². The fourth-order valence-electron chi connectivity index (χ4n) is 3.76. The molecule has 7 nitrogen and oxygen atoms in total. The van der Waals surface area contributed by atoms with Gasteiger partial charge in [0.05, 0.1) is 5.69 Å². The summed E-state index contributed by atoms with van der Waals surface area (Å²) in [6.07, 6.45) is 4.21. The summed E-state index contributed by atoms with van der Waals surface area (Å²) in [4.78, 5) is 14.9. The first-order valence-electron chi connectivity index (χ1n) is 10.3. The van der Waals surface area contributed by atoms with Crippen LogP contribution < -0.4 is 0 Å². The second-order valence-electron chi connectivity index (χ2n) is 8.06. The molecule has 152 valence electrons. The van der Waals surface area contributed by atoms with Crippen LogP contribution in [0.5, 0.6) is 0 Å². The van der Waals surface area contributed by atoms with Crippen LogP contribution in [0.15, 0.2) is 34.7 Å². The maximum Gasteiger partial charge on any atom is 0.268 e. The largest absolute Gasteiger partial charge is 0.420 e. The van der Waals surface area contributed by atoms with Crippen molar-refractivity contribution in [2.45, 2.75) is 46.5 Å². The Morgan fingerprint density at radius 3 is 2.62 bits per heavy atom.